The Bertz CT molecular complexity index is 1070. The van der Waals surface area contributed by atoms with Crippen LogP contribution in [0.5, 0.6) is 5.75 Å². The maximum Gasteiger partial charge on any atom is 0.405 e. The highest BCUT2D eigenvalue weighted by Crippen LogP contribution is 2.28. The lowest BCUT2D eigenvalue weighted by Gasteiger charge is -2.31. The quantitative estimate of drug-likeness (QED) is 0.487. The van der Waals surface area contributed by atoms with Gasteiger partial charge in [-0.2, -0.15) is 0 Å². The number of Topliss-reactive ketones (excluding diaryl/α,β-unsaturated/α-hetero) is 1. The third-order valence-corrected chi connectivity index (χ3v) is 5.55. The van der Waals surface area contributed by atoms with E-state index in [1.807, 2.05) is 5.32 Å². The highest BCUT2D eigenvalue weighted by molar-refractivity contribution is 6.31. The number of nitrogens with zero attached hydrogens (tertiary/aromatic N) is 1. The first-order valence-corrected chi connectivity index (χ1v) is 10.9. The van der Waals surface area contributed by atoms with Crippen molar-refractivity contribution < 1.29 is 33.4 Å². The lowest BCUT2D eigenvalue weighted by molar-refractivity contribution is -0.134. The fourth-order valence-corrected chi connectivity index (χ4v) is 3.72. The van der Waals surface area contributed by atoms with Crippen molar-refractivity contribution >= 4 is 41.0 Å². The Hall–Kier alpha value is -3.66. The Morgan fingerprint density at radius 1 is 1.09 bits per heavy atom. The lowest BCUT2D eigenvalue weighted by atomic mass is 9.89. The van der Waals surface area contributed by atoms with Crippen LogP contribution >= 0.6 is 11.6 Å². The van der Waals surface area contributed by atoms with Crippen molar-refractivity contribution in [3.8, 4) is 5.75 Å². The van der Waals surface area contributed by atoms with Gasteiger partial charge < -0.3 is 25.4 Å². The van der Waals surface area contributed by atoms with Gasteiger partial charge in [-0.25, -0.2) is 9.18 Å². The van der Waals surface area contributed by atoms with E-state index in [0.29, 0.717) is 36.5 Å². The van der Waals surface area contributed by atoms with Crippen molar-refractivity contribution in [3.63, 3.8) is 0 Å². The van der Waals surface area contributed by atoms with Crippen LogP contribution in [0.3, 0.4) is 0 Å². The Kier molecular flexibility index (Phi) is 8.42. The second-order valence-electron chi connectivity index (χ2n) is 7.66. The molecule has 3 rings (SSSR count). The van der Waals surface area contributed by atoms with E-state index in [1.165, 1.54) is 42.5 Å². The molecule has 0 saturated carbocycles. The summed E-state index contributed by atoms with van der Waals surface area (Å²) in [5.74, 6) is -1.43. The molecule has 0 aliphatic carbocycles. The average Bonchev–Trinajstić information content (AvgIpc) is 2.82. The van der Waals surface area contributed by atoms with E-state index in [4.69, 9.17) is 21.4 Å². The smallest absolute Gasteiger partial charge is 0.405 e. The molecule has 3 N–H and O–H groups in total. The maximum absolute atomic E-state index is 13.1. The third kappa shape index (κ3) is 6.92. The van der Waals surface area contributed by atoms with Gasteiger partial charge in [0.2, 0.25) is 5.91 Å². The molecule has 2 aromatic rings. The number of hydrogen-bond acceptors (Lipinski definition) is 5. The van der Waals surface area contributed by atoms with Crippen LogP contribution in [0.2, 0.25) is 5.02 Å². The van der Waals surface area contributed by atoms with Gasteiger partial charge in [0.05, 0.1) is 5.69 Å². The fraction of sp³-hybridized carbons (Fsp3) is 0.304. The zero-order valence-corrected chi connectivity index (χ0v) is 18.8. The zero-order chi connectivity index (χ0) is 24.7. The van der Waals surface area contributed by atoms with Gasteiger partial charge in [-0.05, 0) is 55.3 Å². The SMILES string of the molecule is O=C(O)NCC(=O)Nc1cc(Cl)ccc1OCC(=O)N1CCC(C(=O)c2ccc(F)cc2)CC1. The van der Waals surface area contributed by atoms with E-state index >= 15 is 0 Å². The van der Waals surface area contributed by atoms with E-state index in [9.17, 15) is 23.6 Å². The number of anilines is 1. The highest BCUT2D eigenvalue weighted by Gasteiger charge is 2.28. The van der Waals surface area contributed by atoms with Gasteiger partial charge >= 0.3 is 6.09 Å². The predicted molar refractivity (Wildman–Crippen MR) is 122 cm³/mol. The standard InChI is InChI=1S/C23H23ClFN3O6/c24-16-3-6-19(18(11-16)27-20(29)12-26-23(32)33)34-13-21(30)28-9-7-15(8-10-28)22(31)14-1-4-17(25)5-2-14/h1-6,11,15,26H,7-10,12-13H2,(H,27,29)(H,32,33). The van der Waals surface area contributed by atoms with Gasteiger partial charge in [0, 0.05) is 29.6 Å². The first-order valence-electron chi connectivity index (χ1n) is 10.5. The normalized spacial score (nSPS) is 13.8. The van der Waals surface area contributed by atoms with Crippen LogP contribution in [0.4, 0.5) is 14.9 Å². The summed E-state index contributed by atoms with van der Waals surface area (Å²) in [6.45, 7) is -0.00398. The largest absolute Gasteiger partial charge is 0.482 e. The molecule has 1 fully saturated rings. The van der Waals surface area contributed by atoms with E-state index in [1.54, 1.807) is 4.90 Å². The molecule has 0 spiro atoms. The van der Waals surface area contributed by atoms with Crippen molar-refractivity contribution in [2.24, 2.45) is 5.92 Å². The molecule has 1 heterocycles. The Balaban J connectivity index is 1.52. The van der Waals surface area contributed by atoms with E-state index in [2.05, 4.69) is 5.32 Å². The van der Waals surface area contributed by atoms with Crippen molar-refractivity contribution in [2.45, 2.75) is 12.8 Å². The third-order valence-electron chi connectivity index (χ3n) is 5.31. The van der Waals surface area contributed by atoms with Crippen molar-refractivity contribution in [1.29, 1.82) is 0 Å². The molecule has 34 heavy (non-hydrogen) atoms. The monoisotopic (exact) mass is 491 g/mol. The van der Waals surface area contributed by atoms with Gasteiger partial charge in [-0.15, -0.1) is 0 Å². The second-order valence-corrected chi connectivity index (χ2v) is 8.10. The molecule has 11 heteroatoms. The predicted octanol–water partition coefficient (Wildman–Crippen LogP) is 3.19. The van der Waals surface area contributed by atoms with Crippen molar-refractivity contribution in [1.82, 2.24) is 10.2 Å². The molecule has 1 aliphatic rings. The van der Waals surface area contributed by atoms with E-state index in [0.717, 1.165) is 0 Å². The molecule has 2 aromatic carbocycles. The van der Waals surface area contributed by atoms with Crippen LogP contribution in [0, 0.1) is 11.7 Å². The van der Waals surface area contributed by atoms with Crippen LogP contribution in [0.25, 0.3) is 0 Å². The summed E-state index contributed by atoms with van der Waals surface area (Å²) in [7, 11) is 0. The average molecular weight is 492 g/mol. The second kappa shape index (κ2) is 11.5. The molecule has 0 radical (unpaired) electrons. The molecular weight excluding hydrogens is 469 g/mol. The first kappa shape index (κ1) is 25.0. The molecular formula is C23H23ClFN3O6. The topological polar surface area (TPSA) is 125 Å². The van der Waals surface area contributed by atoms with Crippen LogP contribution in [-0.2, 0) is 9.59 Å². The number of ketones is 1. The number of carbonyl (C=O) groups is 4. The number of likely N-dealkylation sites (tertiary alicyclic amines) is 1. The maximum atomic E-state index is 13.1. The Morgan fingerprint density at radius 3 is 2.41 bits per heavy atom. The molecule has 1 saturated heterocycles. The first-order chi connectivity index (χ1) is 16.2. The number of ether oxygens (including phenoxy) is 1. The van der Waals surface area contributed by atoms with Gasteiger partial charge in [0.25, 0.3) is 5.91 Å². The number of piperidine rings is 1. The summed E-state index contributed by atoms with van der Waals surface area (Å²) >= 11 is 5.97. The van der Waals surface area contributed by atoms with Crippen LogP contribution in [0.1, 0.15) is 23.2 Å². The molecule has 0 aromatic heterocycles. The summed E-state index contributed by atoms with van der Waals surface area (Å²) in [5, 5.41) is 13.3. The summed E-state index contributed by atoms with van der Waals surface area (Å²) < 4.78 is 18.7. The number of amides is 3. The van der Waals surface area contributed by atoms with E-state index in [-0.39, 0.29) is 35.7 Å². The Labute approximate surface area is 199 Å². The lowest BCUT2D eigenvalue weighted by Crippen LogP contribution is -2.42. The number of carbonyl (C=O) groups excluding carboxylic acids is 3. The number of hydrogen-bond donors (Lipinski definition) is 3. The molecule has 180 valence electrons. The highest BCUT2D eigenvalue weighted by atomic mass is 35.5. The molecule has 0 atom stereocenters. The fourth-order valence-electron chi connectivity index (χ4n) is 3.55. The molecule has 3 amide bonds. The summed E-state index contributed by atoms with van der Waals surface area (Å²) in [4.78, 5) is 49.3. The molecule has 9 nitrogen and oxygen atoms in total. The summed E-state index contributed by atoms with van der Waals surface area (Å²) in [6.07, 6.45) is -0.367. The Morgan fingerprint density at radius 2 is 1.76 bits per heavy atom. The number of halogens is 2. The van der Waals surface area contributed by atoms with Gasteiger partial charge in [0.1, 0.15) is 18.1 Å². The van der Waals surface area contributed by atoms with Crippen molar-refractivity contribution in [3.05, 3.63) is 58.9 Å². The number of nitrogens with one attached hydrogen (secondary N) is 2. The van der Waals surface area contributed by atoms with E-state index < -0.39 is 24.4 Å². The van der Waals surface area contributed by atoms with Gasteiger partial charge in [-0.1, -0.05) is 11.6 Å². The molecule has 1 aliphatic heterocycles. The minimum absolute atomic E-state index is 0.0673. The number of rotatable bonds is 8. The molecule has 0 bridgehead atoms. The number of benzene rings is 2. The van der Waals surface area contributed by atoms with Crippen LogP contribution in [0.15, 0.2) is 42.5 Å². The zero-order valence-electron chi connectivity index (χ0n) is 18.1. The van der Waals surface area contributed by atoms with Gasteiger partial charge in [-0.3, -0.25) is 14.4 Å². The summed E-state index contributed by atoms with van der Waals surface area (Å²) in [6, 6.07) is 9.86. The summed E-state index contributed by atoms with van der Waals surface area (Å²) in [5.41, 5.74) is 0.645. The molecule has 0 unspecified atom stereocenters. The van der Waals surface area contributed by atoms with Gasteiger partial charge in [0.15, 0.2) is 12.4 Å². The van der Waals surface area contributed by atoms with Crippen molar-refractivity contribution in [2.75, 3.05) is 31.6 Å². The minimum Gasteiger partial charge on any atom is -0.482 e. The van der Waals surface area contributed by atoms with Crippen LogP contribution < -0.4 is 15.4 Å². The minimum atomic E-state index is -1.34. The number of carboxylic acid groups (broad SMARTS) is 1. The van der Waals surface area contributed by atoms with Crippen LogP contribution in [-0.4, -0.2) is 59.9 Å².